The van der Waals surface area contributed by atoms with Gasteiger partial charge in [0.15, 0.2) is 0 Å². The molecule has 0 aromatic carbocycles. The molecule has 0 aromatic heterocycles. The van der Waals surface area contributed by atoms with Gasteiger partial charge in [-0.15, -0.1) is 0 Å². The predicted octanol–water partition coefficient (Wildman–Crippen LogP) is 0.443. The van der Waals surface area contributed by atoms with E-state index in [1.807, 2.05) is 0 Å². The van der Waals surface area contributed by atoms with Gasteiger partial charge in [-0.2, -0.15) is 0 Å². The lowest BCUT2D eigenvalue weighted by atomic mass is 10.2. The Hall–Kier alpha value is -0.120. The van der Waals surface area contributed by atoms with E-state index in [1.54, 1.807) is 0 Å². The molecule has 1 fully saturated rings. The summed E-state index contributed by atoms with van der Waals surface area (Å²) in [6.45, 7) is 7.25. The molecular weight excluding hydrogens is 164 g/mol. The molecule has 0 saturated carbocycles. The van der Waals surface area contributed by atoms with E-state index in [0.717, 1.165) is 25.9 Å². The molecular formula is C10H22N2O. The summed E-state index contributed by atoms with van der Waals surface area (Å²) < 4.78 is 0. The molecule has 1 saturated heterocycles. The highest BCUT2D eigenvalue weighted by molar-refractivity contribution is 4.75. The molecule has 78 valence electrons. The quantitative estimate of drug-likeness (QED) is 0.612. The van der Waals surface area contributed by atoms with Crippen molar-refractivity contribution >= 4 is 0 Å². The van der Waals surface area contributed by atoms with E-state index in [4.69, 9.17) is 5.11 Å². The van der Waals surface area contributed by atoms with Crippen molar-refractivity contribution in [3.63, 3.8) is 0 Å². The summed E-state index contributed by atoms with van der Waals surface area (Å²) in [5.41, 5.74) is 0. The number of piperazine rings is 1. The van der Waals surface area contributed by atoms with Crippen molar-refractivity contribution < 1.29 is 5.11 Å². The van der Waals surface area contributed by atoms with Crippen LogP contribution in [-0.4, -0.2) is 48.8 Å². The van der Waals surface area contributed by atoms with Crippen molar-refractivity contribution in [2.75, 3.05) is 32.8 Å². The lowest BCUT2D eigenvalue weighted by molar-refractivity contribution is 0.168. The number of hydrogen-bond donors (Lipinski definition) is 2. The highest BCUT2D eigenvalue weighted by atomic mass is 16.2. The van der Waals surface area contributed by atoms with Crippen molar-refractivity contribution in [3.8, 4) is 0 Å². The van der Waals surface area contributed by atoms with Gasteiger partial charge in [-0.3, -0.25) is 4.90 Å². The SMILES string of the molecule is C[C@H]1CNCCN1CCCCCO. The van der Waals surface area contributed by atoms with Crippen molar-refractivity contribution in [1.29, 1.82) is 0 Å². The van der Waals surface area contributed by atoms with Crippen molar-refractivity contribution in [2.45, 2.75) is 32.2 Å². The number of aliphatic hydroxyl groups excluding tert-OH is 1. The summed E-state index contributed by atoms with van der Waals surface area (Å²) in [5.74, 6) is 0. The Morgan fingerprint density at radius 1 is 1.38 bits per heavy atom. The third-order valence-electron chi connectivity index (χ3n) is 2.74. The molecule has 0 spiro atoms. The molecule has 2 N–H and O–H groups in total. The topological polar surface area (TPSA) is 35.5 Å². The number of hydrogen-bond acceptors (Lipinski definition) is 3. The average Bonchev–Trinajstić information content (AvgIpc) is 2.15. The standard InChI is InChI=1S/C10H22N2O/c1-10-9-11-5-7-12(10)6-3-2-4-8-13/h10-11,13H,2-9H2,1H3/t10-/m0/s1. The predicted molar refractivity (Wildman–Crippen MR) is 54.8 cm³/mol. The van der Waals surface area contributed by atoms with E-state index >= 15 is 0 Å². The molecule has 1 rings (SSSR count). The lowest BCUT2D eigenvalue weighted by Gasteiger charge is -2.33. The first-order valence-corrected chi connectivity index (χ1v) is 5.40. The van der Waals surface area contributed by atoms with Crippen molar-refractivity contribution in [2.24, 2.45) is 0 Å². The van der Waals surface area contributed by atoms with E-state index in [1.165, 1.54) is 19.5 Å². The van der Waals surface area contributed by atoms with Gasteiger partial charge in [-0.25, -0.2) is 0 Å². The molecule has 0 unspecified atom stereocenters. The zero-order valence-corrected chi connectivity index (χ0v) is 8.63. The maximum Gasteiger partial charge on any atom is 0.0431 e. The lowest BCUT2D eigenvalue weighted by Crippen LogP contribution is -2.49. The third-order valence-corrected chi connectivity index (χ3v) is 2.74. The summed E-state index contributed by atoms with van der Waals surface area (Å²) in [6, 6.07) is 0.683. The zero-order chi connectivity index (χ0) is 9.52. The highest BCUT2D eigenvalue weighted by Crippen LogP contribution is 2.05. The van der Waals surface area contributed by atoms with Gasteiger partial charge in [0.2, 0.25) is 0 Å². The second kappa shape index (κ2) is 6.35. The van der Waals surface area contributed by atoms with Crippen LogP contribution in [0.5, 0.6) is 0 Å². The second-order valence-corrected chi connectivity index (χ2v) is 3.87. The smallest absolute Gasteiger partial charge is 0.0431 e. The van der Waals surface area contributed by atoms with E-state index in [9.17, 15) is 0 Å². The van der Waals surface area contributed by atoms with Gasteiger partial charge < -0.3 is 10.4 Å². The van der Waals surface area contributed by atoms with Crippen LogP contribution in [0.4, 0.5) is 0 Å². The van der Waals surface area contributed by atoms with Gasteiger partial charge in [0.05, 0.1) is 0 Å². The van der Waals surface area contributed by atoms with Crippen LogP contribution < -0.4 is 5.32 Å². The molecule has 1 atom stereocenters. The number of unbranched alkanes of at least 4 members (excludes halogenated alkanes) is 2. The highest BCUT2D eigenvalue weighted by Gasteiger charge is 2.16. The van der Waals surface area contributed by atoms with Crippen LogP contribution in [0.2, 0.25) is 0 Å². The minimum absolute atomic E-state index is 0.344. The fourth-order valence-electron chi connectivity index (χ4n) is 1.82. The first kappa shape index (κ1) is 11.0. The monoisotopic (exact) mass is 186 g/mol. The normalized spacial score (nSPS) is 24.9. The van der Waals surface area contributed by atoms with Crippen LogP contribution in [0.3, 0.4) is 0 Å². The maximum absolute atomic E-state index is 8.63. The largest absolute Gasteiger partial charge is 0.396 e. The molecule has 3 heteroatoms. The Balaban J connectivity index is 2.05. The third kappa shape index (κ3) is 4.07. The van der Waals surface area contributed by atoms with Gasteiger partial charge in [-0.1, -0.05) is 0 Å². The summed E-state index contributed by atoms with van der Waals surface area (Å²) in [5, 5.41) is 12.0. The Kier molecular flexibility index (Phi) is 5.35. The molecule has 13 heavy (non-hydrogen) atoms. The molecule has 1 heterocycles. The fraction of sp³-hybridized carbons (Fsp3) is 1.00. The Morgan fingerprint density at radius 2 is 2.23 bits per heavy atom. The first-order chi connectivity index (χ1) is 6.34. The summed E-state index contributed by atoms with van der Waals surface area (Å²) >= 11 is 0. The minimum atomic E-state index is 0.344. The zero-order valence-electron chi connectivity index (χ0n) is 8.63. The van der Waals surface area contributed by atoms with Gasteiger partial charge in [0.25, 0.3) is 0 Å². The van der Waals surface area contributed by atoms with E-state index in [-0.39, 0.29) is 0 Å². The Morgan fingerprint density at radius 3 is 2.92 bits per heavy atom. The van der Waals surface area contributed by atoms with Crippen LogP contribution >= 0.6 is 0 Å². The maximum atomic E-state index is 8.63. The van der Waals surface area contributed by atoms with Gasteiger partial charge >= 0.3 is 0 Å². The molecule has 3 nitrogen and oxygen atoms in total. The number of rotatable bonds is 5. The molecule has 0 aromatic rings. The molecule has 0 radical (unpaired) electrons. The number of nitrogens with one attached hydrogen (secondary N) is 1. The second-order valence-electron chi connectivity index (χ2n) is 3.87. The Bertz CT molecular complexity index is 130. The van der Waals surface area contributed by atoms with Gasteiger partial charge in [0, 0.05) is 32.3 Å². The first-order valence-electron chi connectivity index (χ1n) is 5.40. The Labute approximate surface area is 81.1 Å². The van der Waals surface area contributed by atoms with Crippen LogP contribution in [0.15, 0.2) is 0 Å². The van der Waals surface area contributed by atoms with E-state index in [0.29, 0.717) is 12.6 Å². The van der Waals surface area contributed by atoms with Gasteiger partial charge in [-0.05, 0) is 32.7 Å². The van der Waals surface area contributed by atoms with Crippen LogP contribution in [0.25, 0.3) is 0 Å². The van der Waals surface area contributed by atoms with Crippen LogP contribution in [0, 0.1) is 0 Å². The number of nitrogens with zero attached hydrogens (tertiary/aromatic N) is 1. The molecule has 0 aliphatic carbocycles. The van der Waals surface area contributed by atoms with Crippen LogP contribution in [-0.2, 0) is 0 Å². The van der Waals surface area contributed by atoms with Crippen LogP contribution in [0.1, 0.15) is 26.2 Å². The van der Waals surface area contributed by atoms with E-state index < -0.39 is 0 Å². The summed E-state index contributed by atoms with van der Waals surface area (Å²) in [6.07, 6.45) is 3.35. The summed E-state index contributed by atoms with van der Waals surface area (Å²) in [4.78, 5) is 2.54. The number of aliphatic hydroxyl groups is 1. The van der Waals surface area contributed by atoms with E-state index in [2.05, 4.69) is 17.1 Å². The molecule has 0 bridgehead atoms. The van der Waals surface area contributed by atoms with Crippen molar-refractivity contribution in [1.82, 2.24) is 10.2 Å². The van der Waals surface area contributed by atoms with Gasteiger partial charge in [0.1, 0.15) is 0 Å². The average molecular weight is 186 g/mol. The fourth-order valence-corrected chi connectivity index (χ4v) is 1.82. The summed E-state index contributed by atoms with van der Waals surface area (Å²) in [7, 11) is 0. The molecule has 1 aliphatic heterocycles. The molecule has 1 aliphatic rings. The molecule has 0 amide bonds. The minimum Gasteiger partial charge on any atom is -0.396 e. The van der Waals surface area contributed by atoms with Crippen molar-refractivity contribution in [3.05, 3.63) is 0 Å².